The van der Waals surface area contributed by atoms with E-state index in [-0.39, 0.29) is 5.92 Å². The molecule has 78 valence electrons. The molecule has 1 heterocycles. The zero-order valence-corrected chi connectivity index (χ0v) is 9.60. The molecule has 2 rings (SSSR count). The Balaban J connectivity index is 2.32. The van der Waals surface area contributed by atoms with Gasteiger partial charge in [0.25, 0.3) is 0 Å². The lowest BCUT2D eigenvalue weighted by Gasteiger charge is -2.19. The van der Waals surface area contributed by atoms with Crippen LogP contribution in [0.2, 0.25) is 0 Å². The van der Waals surface area contributed by atoms with Crippen LogP contribution in [0, 0.1) is 11.3 Å². The first-order chi connectivity index (χ1) is 7.35. The van der Waals surface area contributed by atoms with Gasteiger partial charge in [0, 0.05) is 22.9 Å². The van der Waals surface area contributed by atoms with E-state index < -0.39 is 0 Å². The zero-order valence-electron chi connectivity index (χ0n) is 8.79. The quantitative estimate of drug-likeness (QED) is 0.828. The molecule has 0 amide bonds. The summed E-state index contributed by atoms with van der Waals surface area (Å²) in [7, 11) is 0. The van der Waals surface area contributed by atoms with Gasteiger partial charge in [-0.2, -0.15) is 5.26 Å². The van der Waals surface area contributed by atoms with Crippen molar-refractivity contribution in [3.05, 3.63) is 23.8 Å². The van der Waals surface area contributed by atoms with Gasteiger partial charge in [-0.1, -0.05) is 13.0 Å². The fourth-order valence-electron chi connectivity index (χ4n) is 1.77. The summed E-state index contributed by atoms with van der Waals surface area (Å²) in [6, 6.07) is 8.66. The van der Waals surface area contributed by atoms with Gasteiger partial charge in [0.1, 0.15) is 0 Å². The molecule has 2 nitrogen and oxygen atoms in total. The molecule has 0 radical (unpaired) electrons. The third-order valence-electron chi connectivity index (χ3n) is 2.65. The molecule has 1 aliphatic rings. The maximum absolute atomic E-state index is 9.01. The first-order valence-corrected chi connectivity index (χ1v) is 6.24. The van der Waals surface area contributed by atoms with Gasteiger partial charge in [-0.15, -0.1) is 11.8 Å². The molecule has 0 saturated heterocycles. The molecule has 0 spiro atoms. The van der Waals surface area contributed by atoms with Gasteiger partial charge in [0.2, 0.25) is 0 Å². The summed E-state index contributed by atoms with van der Waals surface area (Å²) in [4.78, 5) is 1.28. The summed E-state index contributed by atoms with van der Waals surface area (Å²) in [6.45, 7) is 3.09. The molecule has 0 aromatic heterocycles. The number of hydrogen-bond acceptors (Lipinski definition) is 3. The van der Waals surface area contributed by atoms with E-state index in [2.05, 4.69) is 36.5 Å². The Kier molecular flexibility index (Phi) is 3.17. The molecule has 1 aliphatic heterocycles. The Hall–Kier alpha value is -1.14. The average molecular weight is 218 g/mol. The van der Waals surface area contributed by atoms with Gasteiger partial charge in [0.15, 0.2) is 0 Å². The van der Waals surface area contributed by atoms with Crippen LogP contribution >= 0.6 is 11.8 Å². The fraction of sp³-hybridized carbons (Fsp3) is 0.417. The van der Waals surface area contributed by atoms with Crippen molar-refractivity contribution in [2.24, 2.45) is 0 Å². The van der Waals surface area contributed by atoms with Crippen LogP contribution in [0.25, 0.3) is 0 Å². The number of anilines is 1. The summed E-state index contributed by atoms with van der Waals surface area (Å²) < 4.78 is 0. The Morgan fingerprint density at radius 2 is 2.47 bits per heavy atom. The van der Waals surface area contributed by atoms with Crippen molar-refractivity contribution >= 4 is 17.4 Å². The second-order valence-corrected chi connectivity index (χ2v) is 4.76. The highest BCUT2D eigenvalue weighted by Gasteiger charge is 2.13. The Bertz CT molecular complexity index is 395. The summed E-state index contributed by atoms with van der Waals surface area (Å²) >= 11 is 1.87. The van der Waals surface area contributed by atoms with Crippen LogP contribution in [0.1, 0.15) is 24.8 Å². The minimum Gasteiger partial charge on any atom is -0.383 e. The van der Waals surface area contributed by atoms with Gasteiger partial charge >= 0.3 is 0 Å². The van der Waals surface area contributed by atoms with Gasteiger partial charge < -0.3 is 5.32 Å². The normalized spacial score (nSPS) is 16.0. The SMILES string of the molecule is CCC(C#N)c1ccc2c(c1)SCCN2. The number of thioether (sulfide) groups is 1. The van der Waals surface area contributed by atoms with Crippen LogP contribution in [0.15, 0.2) is 23.1 Å². The number of nitrogens with one attached hydrogen (secondary N) is 1. The highest BCUT2D eigenvalue weighted by atomic mass is 32.2. The number of nitrogens with zero attached hydrogens (tertiary/aromatic N) is 1. The van der Waals surface area contributed by atoms with Crippen molar-refractivity contribution in [1.82, 2.24) is 0 Å². The molecule has 1 atom stereocenters. The molecule has 1 aromatic rings. The number of nitriles is 1. The van der Waals surface area contributed by atoms with E-state index in [1.54, 1.807) is 0 Å². The van der Waals surface area contributed by atoms with E-state index in [4.69, 9.17) is 5.26 Å². The smallest absolute Gasteiger partial charge is 0.0710 e. The number of benzene rings is 1. The van der Waals surface area contributed by atoms with E-state index in [1.807, 2.05) is 11.8 Å². The topological polar surface area (TPSA) is 35.8 Å². The second kappa shape index (κ2) is 4.59. The molecule has 1 aromatic carbocycles. The molecule has 0 bridgehead atoms. The average Bonchev–Trinajstić information content (AvgIpc) is 2.30. The predicted molar refractivity (Wildman–Crippen MR) is 64.3 cm³/mol. The highest BCUT2D eigenvalue weighted by Crippen LogP contribution is 2.33. The largest absolute Gasteiger partial charge is 0.383 e. The first-order valence-electron chi connectivity index (χ1n) is 5.25. The molecule has 0 fully saturated rings. The molecule has 0 aliphatic carbocycles. The monoisotopic (exact) mass is 218 g/mol. The number of hydrogen-bond donors (Lipinski definition) is 1. The number of rotatable bonds is 2. The van der Waals surface area contributed by atoms with Crippen LogP contribution in [0.5, 0.6) is 0 Å². The fourth-order valence-corrected chi connectivity index (χ4v) is 2.71. The van der Waals surface area contributed by atoms with Crippen LogP contribution in [-0.4, -0.2) is 12.3 Å². The van der Waals surface area contributed by atoms with Gasteiger partial charge in [-0.25, -0.2) is 0 Å². The van der Waals surface area contributed by atoms with Crippen LogP contribution < -0.4 is 5.32 Å². The lowest BCUT2D eigenvalue weighted by atomic mass is 9.98. The zero-order chi connectivity index (χ0) is 10.7. The standard InChI is InChI=1S/C12H14N2S/c1-2-9(8-13)10-3-4-11-12(7-10)15-6-5-14-11/h3-4,7,9,14H,2,5-6H2,1H3. The van der Waals surface area contributed by atoms with Crippen molar-refractivity contribution in [3.63, 3.8) is 0 Å². The summed E-state index contributed by atoms with van der Waals surface area (Å²) in [6.07, 6.45) is 0.882. The van der Waals surface area contributed by atoms with Gasteiger partial charge in [-0.05, 0) is 24.1 Å². The Morgan fingerprint density at radius 3 is 3.20 bits per heavy atom. The third kappa shape index (κ3) is 2.10. The summed E-state index contributed by atoms with van der Waals surface area (Å²) in [5.74, 6) is 1.15. The molecule has 15 heavy (non-hydrogen) atoms. The first kappa shape index (κ1) is 10.4. The molecule has 3 heteroatoms. The maximum Gasteiger partial charge on any atom is 0.0710 e. The van der Waals surface area contributed by atoms with Crippen LogP contribution in [-0.2, 0) is 0 Å². The molecule has 1 N–H and O–H groups in total. The molecule has 0 saturated carbocycles. The third-order valence-corrected chi connectivity index (χ3v) is 3.70. The van der Waals surface area contributed by atoms with E-state index in [0.29, 0.717) is 0 Å². The predicted octanol–water partition coefficient (Wildman–Crippen LogP) is 3.22. The van der Waals surface area contributed by atoms with Crippen LogP contribution in [0.3, 0.4) is 0 Å². The van der Waals surface area contributed by atoms with Gasteiger partial charge in [-0.3, -0.25) is 0 Å². The highest BCUT2D eigenvalue weighted by molar-refractivity contribution is 7.99. The maximum atomic E-state index is 9.01. The van der Waals surface area contributed by atoms with Crippen molar-refractivity contribution in [3.8, 4) is 6.07 Å². The number of fused-ring (bicyclic) bond motifs is 1. The molecule has 1 unspecified atom stereocenters. The molecular weight excluding hydrogens is 204 g/mol. The van der Waals surface area contributed by atoms with Crippen molar-refractivity contribution in [2.45, 2.75) is 24.2 Å². The van der Waals surface area contributed by atoms with Crippen molar-refractivity contribution in [2.75, 3.05) is 17.6 Å². The van der Waals surface area contributed by atoms with Crippen LogP contribution in [0.4, 0.5) is 5.69 Å². The van der Waals surface area contributed by atoms with E-state index >= 15 is 0 Å². The van der Waals surface area contributed by atoms with E-state index in [1.165, 1.54) is 10.6 Å². The van der Waals surface area contributed by atoms with Gasteiger partial charge in [0.05, 0.1) is 12.0 Å². The Labute approximate surface area is 94.7 Å². The Morgan fingerprint density at radius 1 is 1.60 bits per heavy atom. The summed E-state index contributed by atoms with van der Waals surface area (Å²) in [5.41, 5.74) is 2.36. The lowest BCUT2D eigenvalue weighted by molar-refractivity contribution is 0.815. The van der Waals surface area contributed by atoms with E-state index in [0.717, 1.165) is 24.3 Å². The minimum absolute atomic E-state index is 0.0397. The van der Waals surface area contributed by atoms with E-state index in [9.17, 15) is 0 Å². The van der Waals surface area contributed by atoms with Crippen molar-refractivity contribution in [1.29, 1.82) is 5.26 Å². The minimum atomic E-state index is 0.0397. The molecular formula is C12H14N2S. The summed E-state index contributed by atoms with van der Waals surface area (Å²) in [5, 5.41) is 12.4. The second-order valence-electron chi connectivity index (χ2n) is 3.62. The van der Waals surface area contributed by atoms with Crippen molar-refractivity contribution < 1.29 is 0 Å². The lowest BCUT2D eigenvalue weighted by Crippen LogP contribution is -2.10.